The number of benzene rings is 1. The molecule has 0 fully saturated rings. The van der Waals surface area contributed by atoms with Crippen LogP contribution in [0.25, 0.3) is 0 Å². The third kappa shape index (κ3) is 2.84. The second-order valence-corrected chi connectivity index (χ2v) is 4.08. The SMILES string of the molecule is CC(NCc1ccon1)c1ccc(Cl)cc1. The molecule has 2 aromatic rings. The van der Waals surface area contributed by atoms with Gasteiger partial charge in [-0.15, -0.1) is 0 Å². The van der Waals surface area contributed by atoms with Gasteiger partial charge in [0.25, 0.3) is 0 Å². The van der Waals surface area contributed by atoms with Gasteiger partial charge in [-0.3, -0.25) is 0 Å². The number of hydrogen-bond donors (Lipinski definition) is 1. The predicted molar refractivity (Wildman–Crippen MR) is 63.2 cm³/mol. The first-order valence-corrected chi connectivity index (χ1v) is 5.51. The molecule has 2 rings (SSSR count). The van der Waals surface area contributed by atoms with Crippen molar-refractivity contribution in [2.75, 3.05) is 0 Å². The summed E-state index contributed by atoms with van der Waals surface area (Å²) in [6, 6.07) is 9.93. The van der Waals surface area contributed by atoms with Crippen LogP contribution in [0.4, 0.5) is 0 Å². The van der Waals surface area contributed by atoms with Gasteiger partial charge in [0, 0.05) is 23.7 Å². The Balaban J connectivity index is 1.93. The topological polar surface area (TPSA) is 38.1 Å². The van der Waals surface area contributed by atoms with Crippen molar-refractivity contribution < 1.29 is 4.52 Å². The van der Waals surface area contributed by atoms with Gasteiger partial charge in [0.05, 0.1) is 5.69 Å². The first-order valence-electron chi connectivity index (χ1n) is 5.14. The van der Waals surface area contributed by atoms with Crippen molar-refractivity contribution in [1.82, 2.24) is 10.5 Å². The van der Waals surface area contributed by atoms with E-state index in [0.29, 0.717) is 6.54 Å². The van der Waals surface area contributed by atoms with E-state index in [1.54, 1.807) is 6.26 Å². The van der Waals surface area contributed by atoms with Gasteiger partial charge in [0.2, 0.25) is 0 Å². The van der Waals surface area contributed by atoms with Crippen LogP contribution >= 0.6 is 11.6 Å². The van der Waals surface area contributed by atoms with Crippen LogP contribution in [0.3, 0.4) is 0 Å². The molecule has 1 aromatic carbocycles. The van der Waals surface area contributed by atoms with Gasteiger partial charge in [-0.25, -0.2) is 0 Å². The Labute approximate surface area is 99.4 Å². The molecule has 0 aliphatic carbocycles. The highest BCUT2D eigenvalue weighted by Crippen LogP contribution is 2.16. The average molecular weight is 237 g/mol. The van der Waals surface area contributed by atoms with Crippen LogP contribution in [0.2, 0.25) is 5.02 Å². The molecule has 1 N–H and O–H groups in total. The summed E-state index contributed by atoms with van der Waals surface area (Å²) < 4.78 is 4.76. The van der Waals surface area contributed by atoms with Crippen LogP contribution in [0.5, 0.6) is 0 Å². The van der Waals surface area contributed by atoms with E-state index in [2.05, 4.69) is 17.4 Å². The highest BCUT2D eigenvalue weighted by molar-refractivity contribution is 6.30. The van der Waals surface area contributed by atoms with Crippen LogP contribution in [-0.2, 0) is 6.54 Å². The van der Waals surface area contributed by atoms with E-state index in [1.165, 1.54) is 5.56 Å². The quantitative estimate of drug-likeness (QED) is 0.886. The maximum Gasteiger partial charge on any atom is 0.124 e. The Morgan fingerprint density at radius 3 is 2.69 bits per heavy atom. The van der Waals surface area contributed by atoms with Gasteiger partial charge in [0.1, 0.15) is 6.26 Å². The molecule has 0 saturated heterocycles. The molecular formula is C12H13ClN2O. The molecule has 0 amide bonds. The minimum atomic E-state index is 0.258. The van der Waals surface area contributed by atoms with Crippen molar-refractivity contribution in [3.05, 3.63) is 52.9 Å². The molecule has 1 atom stereocenters. The van der Waals surface area contributed by atoms with Gasteiger partial charge in [-0.2, -0.15) is 0 Å². The summed E-state index contributed by atoms with van der Waals surface area (Å²) in [5, 5.41) is 7.95. The Bertz CT molecular complexity index is 425. The van der Waals surface area contributed by atoms with Gasteiger partial charge < -0.3 is 9.84 Å². The van der Waals surface area contributed by atoms with E-state index in [9.17, 15) is 0 Å². The average Bonchev–Trinajstić information content (AvgIpc) is 2.80. The van der Waals surface area contributed by atoms with Crippen molar-refractivity contribution in [1.29, 1.82) is 0 Å². The van der Waals surface area contributed by atoms with Gasteiger partial charge >= 0.3 is 0 Å². The fraction of sp³-hybridized carbons (Fsp3) is 0.250. The lowest BCUT2D eigenvalue weighted by Gasteiger charge is -2.12. The summed E-state index contributed by atoms with van der Waals surface area (Å²) in [7, 11) is 0. The van der Waals surface area contributed by atoms with Crippen molar-refractivity contribution in [2.24, 2.45) is 0 Å². The molecule has 0 aliphatic heterocycles. The molecule has 0 radical (unpaired) electrons. The number of rotatable bonds is 4. The fourth-order valence-electron chi connectivity index (χ4n) is 1.46. The highest BCUT2D eigenvalue weighted by atomic mass is 35.5. The monoisotopic (exact) mass is 236 g/mol. The largest absolute Gasteiger partial charge is 0.364 e. The van der Waals surface area contributed by atoms with E-state index >= 15 is 0 Å². The zero-order chi connectivity index (χ0) is 11.4. The number of halogens is 1. The van der Waals surface area contributed by atoms with E-state index in [1.807, 2.05) is 30.3 Å². The molecule has 16 heavy (non-hydrogen) atoms. The first kappa shape index (κ1) is 11.2. The summed E-state index contributed by atoms with van der Waals surface area (Å²) in [6.07, 6.45) is 1.57. The zero-order valence-corrected chi connectivity index (χ0v) is 9.74. The van der Waals surface area contributed by atoms with E-state index in [0.717, 1.165) is 10.7 Å². The minimum Gasteiger partial charge on any atom is -0.364 e. The van der Waals surface area contributed by atoms with Gasteiger partial charge in [0.15, 0.2) is 0 Å². The second kappa shape index (κ2) is 5.14. The Kier molecular flexibility index (Phi) is 3.59. The third-order valence-electron chi connectivity index (χ3n) is 2.45. The Morgan fingerprint density at radius 1 is 1.31 bits per heavy atom. The highest BCUT2D eigenvalue weighted by Gasteiger charge is 2.05. The van der Waals surface area contributed by atoms with Crippen molar-refractivity contribution in [2.45, 2.75) is 19.5 Å². The smallest absolute Gasteiger partial charge is 0.124 e. The maximum absolute atomic E-state index is 5.83. The van der Waals surface area contributed by atoms with E-state index < -0.39 is 0 Å². The molecule has 84 valence electrons. The summed E-state index contributed by atoms with van der Waals surface area (Å²) in [5.74, 6) is 0. The number of nitrogens with one attached hydrogen (secondary N) is 1. The molecule has 0 bridgehead atoms. The lowest BCUT2D eigenvalue weighted by atomic mass is 10.1. The molecule has 0 aliphatic rings. The number of nitrogens with zero attached hydrogens (tertiary/aromatic N) is 1. The molecule has 1 heterocycles. The maximum atomic E-state index is 5.83. The molecule has 4 heteroatoms. The summed E-state index contributed by atoms with van der Waals surface area (Å²) in [5.41, 5.74) is 2.11. The van der Waals surface area contributed by atoms with E-state index in [4.69, 9.17) is 16.1 Å². The van der Waals surface area contributed by atoms with Crippen LogP contribution in [-0.4, -0.2) is 5.16 Å². The number of hydrogen-bond acceptors (Lipinski definition) is 3. The lowest BCUT2D eigenvalue weighted by Crippen LogP contribution is -2.18. The van der Waals surface area contributed by atoms with Crippen LogP contribution in [0, 0.1) is 0 Å². The Hall–Kier alpha value is -1.32. The molecule has 0 saturated carbocycles. The Morgan fingerprint density at radius 2 is 2.06 bits per heavy atom. The summed E-state index contributed by atoms with van der Waals surface area (Å²) >= 11 is 5.83. The van der Waals surface area contributed by atoms with Crippen molar-refractivity contribution in [3.63, 3.8) is 0 Å². The molecule has 0 spiro atoms. The summed E-state index contributed by atoms with van der Waals surface area (Å²) in [6.45, 7) is 2.80. The minimum absolute atomic E-state index is 0.258. The molecule has 1 aromatic heterocycles. The van der Waals surface area contributed by atoms with Crippen LogP contribution in [0.1, 0.15) is 24.2 Å². The van der Waals surface area contributed by atoms with E-state index in [-0.39, 0.29) is 6.04 Å². The summed E-state index contributed by atoms with van der Waals surface area (Å²) in [4.78, 5) is 0. The van der Waals surface area contributed by atoms with Crippen LogP contribution < -0.4 is 5.32 Å². The lowest BCUT2D eigenvalue weighted by molar-refractivity contribution is 0.406. The molecular weight excluding hydrogens is 224 g/mol. The van der Waals surface area contributed by atoms with Crippen molar-refractivity contribution in [3.8, 4) is 0 Å². The molecule has 3 nitrogen and oxygen atoms in total. The van der Waals surface area contributed by atoms with Crippen LogP contribution in [0.15, 0.2) is 41.1 Å². The standard InChI is InChI=1S/C12H13ClN2O/c1-9(10-2-4-11(13)5-3-10)14-8-12-6-7-16-15-12/h2-7,9,14H,8H2,1H3. The first-order chi connectivity index (χ1) is 7.75. The normalized spacial score (nSPS) is 12.6. The van der Waals surface area contributed by atoms with Crippen molar-refractivity contribution >= 4 is 11.6 Å². The molecule has 1 unspecified atom stereocenters. The predicted octanol–water partition coefficient (Wildman–Crippen LogP) is 3.18. The zero-order valence-electron chi connectivity index (χ0n) is 8.98. The van der Waals surface area contributed by atoms with Gasteiger partial charge in [-0.1, -0.05) is 28.9 Å². The second-order valence-electron chi connectivity index (χ2n) is 3.64. The number of aromatic nitrogens is 1. The third-order valence-corrected chi connectivity index (χ3v) is 2.70. The van der Waals surface area contributed by atoms with Gasteiger partial charge in [-0.05, 0) is 24.6 Å². The fourth-order valence-corrected chi connectivity index (χ4v) is 1.58.